The predicted octanol–water partition coefficient (Wildman–Crippen LogP) is 1.15. The summed E-state index contributed by atoms with van der Waals surface area (Å²) in [5.41, 5.74) is 0.00624. The maximum absolute atomic E-state index is 10.7. The predicted molar refractivity (Wildman–Crippen MR) is 71.3 cm³/mol. The fraction of sp³-hybridized carbons (Fsp3) is 0.273. The van der Waals surface area contributed by atoms with Crippen LogP contribution in [0.25, 0.3) is 0 Å². The van der Waals surface area contributed by atoms with E-state index in [2.05, 4.69) is 20.3 Å². The van der Waals surface area contributed by atoms with Crippen LogP contribution in [0.4, 0.5) is 5.82 Å². The molecule has 2 aromatic heterocycles. The molecule has 0 aromatic carbocycles. The van der Waals surface area contributed by atoms with Gasteiger partial charge in [0.15, 0.2) is 11.5 Å². The third kappa shape index (κ3) is 3.35. The second-order valence-corrected chi connectivity index (χ2v) is 4.19. The number of aromatic nitrogens is 4. The Kier molecular flexibility index (Phi) is 4.36. The lowest BCUT2D eigenvalue weighted by atomic mass is 10.5. The second-order valence-electron chi connectivity index (χ2n) is 3.78. The summed E-state index contributed by atoms with van der Waals surface area (Å²) in [5, 5.41) is 12.1. The summed E-state index contributed by atoms with van der Waals surface area (Å²) in [7, 11) is 1.46. The van der Waals surface area contributed by atoms with Gasteiger partial charge in [0.2, 0.25) is 0 Å². The van der Waals surface area contributed by atoms with Crippen molar-refractivity contribution >= 4 is 23.4 Å². The van der Waals surface area contributed by atoms with Crippen molar-refractivity contribution in [1.82, 2.24) is 19.5 Å². The van der Waals surface area contributed by atoms with E-state index in [1.807, 2.05) is 0 Å². The van der Waals surface area contributed by atoms with Gasteiger partial charge in [-0.3, -0.25) is 0 Å². The molecule has 0 aliphatic rings. The Morgan fingerprint density at radius 3 is 3.00 bits per heavy atom. The van der Waals surface area contributed by atoms with E-state index < -0.39 is 5.97 Å². The molecule has 2 rings (SSSR count). The highest BCUT2D eigenvalue weighted by molar-refractivity contribution is 6.32. The highest BCUT2D eigenvalue weighted by atomic mass is 35.5. The van der Waals surface area contributed by atoms with E-state index in [4.69, 9.17) is 21.4 Å². The van der Waals surface area contributed by atoms with Gasteiger partial charge in [-0.15, -0.1) is 0 Å². The van der Waals surface area contributed by atoms with Crippen molar-refractivity contribution in [2.75, 3.05) is 19.0 Å². The second kappa shape index (κ2) is 6.20. The molecule has 106 valence electrons. The summed E-state index contributed by atoms with van der Waals surface area (Å²) >= 11 is 5.94. The van der Waals surface area contributed by atoms with Crippen molar-refractivity contribution in [1.29, 1.82) is 0 Å². The Balaban J connectivity index is 1.93. The summed E-state index contributed by atoms with van der Waals surface area (Å²) in [6, 6.07) is 0.215. The van der Waals surface area contributed by atoms with Crippen molar-refractivity contribution in [3.63, 3.8) is 0 Å². The summed E-state index contributed by atoms with van der Waals surface area (Å²) in [6.45, 7) is 1.01. The molecule has 0 fully saturated rings. The number of nitrogens with one attached hydrogen (secondary N) is 1. The van der Waals surface area contributed by atoms with Gasteiger partial charge in [-0.05, 0) is 0 Å². The van der Waals surface area contributed by atoms with Gasteiger partial charge in [-0.2, -0.15) is 4.98 Å². The van der Waals surface area contributed by atoms with E-state index >= 15 is 0 Å². The highest BCUT2D eigenvalue weighted by Gasteiger charge is 2.07. The molecule has 0 aliphatic heterocycles. The fourth-order valence-corrected chi connectivity index (χ4v) is 1.63. The molecule has 0 aliphatic carbocycles. The van der Waals surface area contributed by atoms with Gasteiger partial charge >= 0.3 is 12.0 Å². The van der Waals surface area contributed by atoms with Crippen LogP contribution in [0.5, 0.6) is 6.01 Å². The van der Waals surface area contributed by atoms with Gasteiger partial charge in [-0.1, -0.05) is 11.6 Å². The van der Waals surface area contributed by atoms with Crippen LogP contribution in [0, 0.1) is 0 Å². The molecule has 0 atom stereocenters. The van der Waals surface area contributed by atoms with Crippen LogP contribution in [0.15, 0.2) is 18.7 Å². The average Bonchev–Trinajstić information content (AvgIpc) is 2.90. The summed E-state index contributed by atoms with van der Waals surface area (Å²) in [6.07, 6.45) is 4.34. The molecule has 0 bridgehead atoms. The monoisotopic (exact) mass is 297 g/mol. The Morgan fingerprint density at radius 1 is 1.55 bits per heavy atom. The van der Waals surface area contributed by atoms with Gasteiger partial charge in [0.1, 0.15) is 5.02 Å². The lowest BCUT2D eigenvalue weighted by Gasteiger charge is -2.08. The van der Waals surface area contributed by atoms with Crippen LogP contribution >= 0.6 is 11.6 Å². The maximum atomic E-state index is 10.7. The number of aromatic carboxylic acids is 1. The molecule has 0 spiro atoms. The summed E-state index contributed by atoms with van der Waals surface area (Å²) < 4.78 is 6.56. The number of carboxylic acid groups (broad SMARTS) is 1. The quantitative estimate of drug-likeness (QED) is 0.824. The zero-order valence-electron chi connectivity index (χ0n) is 10.6. The maximum Gasteiger partial charge on any atom is 0.356 e. The lowest BCUT2D eigenvalue weighted by Crippen LogP contribution is -2.11. The average molecular weight is 298 g/mol. The van der Waals surface area contributed by atoms with Crippen LogP contribution in [-0.4, -0.2) is 44.2 Å². The summed E-state index contributed by atoms with van der Waals surface area (Å²) in [5.74, 6) is -0.600. The fourth-order valence-electron chi connectivity index (χ4n) is 1.47. The minimum atomic E-state index is -1.06. The van der Waals surface area contributed by atoms with E-state index in [0.29, 0.717) is 23.9 Å². The first kappa shape index (κ1) is 14.1. The van der Waals surface area contributed by atoms with Gasteiger partial charge in [0.25, 0.3) is 0 Å². The van der Waals surface area contributed by atoms with Crippen LogP contribution in [0.2, 0.25) is 5.02 Å². The molecule has 0 radical (unpaired) electrons. The molecule has 0 saturated carbocycles. The Bertz CT molecular complexity index is 616. The molecular formula is C11H12ClN5O3. The number of hydrogen-bond acceptors (Lipinski definition) is 6. The number of imidazole rings is 1. The SMILES string of the molecule is COc1ncc(Cl)c(NCCn2cnc(C(=O)O)c2)n1. The lowest BCUT2D eigenvalue weighted by molar-refractivity contribution is 0.0691. The molecule has 2 aromatic rings. The number of halogens is 1. The van der Waals surface area contributed by atoms with Crippen LogP contribution in [-0.2, 0) is 6.54 Å². The molecule has 2 heterocycles. The van der Waals surface area contributed by atoms with Gasteiger partial charge in [-0.25, -0.2) is 14.8 Å². The zero-order valence-corrected chi connectivity index (χ0v) is 11.3. The number of methoxy groups -OCH3 is 1. The van der Waals surface area contributed by atoms with Gasteiger partial charge in [0.05, 0.1) is 19.6 Å². The zero-order chi connectivity index (χ0) is 14.5. The van der Waals surface area contributed by atoms with Crippen LogP contribution < -0.4 is 10.1 Å². The van der Waals surface area contributed by atoms with Crippen molar-refractivity contribution in [3.8, 4) is 6.01 Å². The van der Waals surface area contributed by atoms with Crippen molar-refractivity contribution < 1.29 is 14.6 Å². The largest absolute Gasteiger partial charge is 0.476 e. The molecule has 2 N–H and O–H groups in total. The van der Waals surface area contributed by atoms with E-state index in [-0.39, 0.29) is 11.7 Å². The van der Waals surface area contributed by atoms with E-state index in [9.17, 15) is 4.79 Å². The molecule has 0 amide bonds. The molecule has 0 saturated heterocycles. The number of hydrogen-bond donors (Lipinski definition) is 2. The number of anilines is 1. The Hall–Kier alpha value is -2.35. The van der Waals surface area contributed by atoms with E-state index in [1.165, 1.54) is 25.8 Å². The molecule has 0 unspecified atom stereocenters. The van der Waals surface area contributed by atoms with Crippen LogP contribution in [0.3, 0.4) is 0 Å². The molecule has 8 nitrogen and oxygen atoms in total. The molecular weight excluding hydrogens is 286 g/mol. The third-order valence-corrected chi connectivity index (χ3v) is 2.70. The minimum absolute atomic E-state index is 0.00624. The Labute approximate surface area is 119 Å². The van der Waals surface area contributed by atoms with E-state index in [1.54, 1.807) is 4.57 Å². The third-order valence-electron chi connectivity index (χ3n) is 2.42. The van der Waals surface area contributed by atoms with Crippen LogP contribution in [0.1, 0.15) is 10.5 Å². The first-order chi connectivity index (χ1) is 9.60. The van der Waals surface area contributed by atoms with Gasteiger partial charge in [0, 0.05) is 19.3 Å². The Morgan fingerprint density at radius 2 is 2.35 bits per heavy atom. The topological polar surface area (TPSA) is 102 Å². The first-order valence-electron chi connectivity index (χ1n) is 5.65. The van der Waals surface area contributed by atoms with Crippen molar-refractivity contribution in [3.05, 3.63) is 29.4 Å². The normalized spacial score (nSPS) is 10.3. The smallest absolute Gasteiger partial charge is 0.356 e. The number of rotatable bonds is 6. The van der Waals surface area contributed by atoms with E-state index in [0.717, 1.165) is 0 Å². The number of nitrogens with zero attached hydrogens (tertiary/aromatic N) is 4. The van der Waals surface area contributed by atoms with Crippen molar-refractivity contribution in [2.45, 2.75) is 6.54 Å². The highest BCUT2D eigenvalue weighted by Crippen LogP contribution is 2.19. The number of carbonyl (C=O) groups is 1. The van der Waals surface area contributed by atoms with Crippen molar-refractivity contribution in [2.24, 2.45) is 0 Å². The number of carboxylic acids is 1. The molecule has 9 heteroatoms. The van der Waals surface area contributed by atoms with Gasteiger partial charge < -0.3 is 19.7 Å². The standard InChI is InChI=1S/C11H12ClN5O3/c1-20-11-14-4-7(12)9(16-11)13-2-3-17-5-8(10(18)19)15-6-17/h4-6H,2-3H2,1H3,(H,18,19)(H,13,14,16). The number of ether oxygens (including phenoxy) is 1. The molecule has 20 heavy (non-hydrogen) atoms. The minimum Gasteiger partial charge on any atom is -0.476 e. The first-order valence-corrected chi connectivity index (χ1v) is 6.03. The summed E-state index contributed by atoms with van der Waals surface area (Å²) in [4.78, 5) is 22.4.